The minimum absolute atomic E-state index is 0.133. The van der Waals surface area contributed by atoms with Gasteiger partial charge >= 0.3 is 0 Å². The minimum Gasteiger partial charge on any atom is -0.392 e. The summed E-state index contributed by atoms with van der Waals surface area (Å²) in [6.45, 7) is 2.09. The van der Waals surface area contributed by atoms with Gasteiger partial charge in [-0.2, -0.15) is 9.57 Å². The van der Waals surface area contributed by atoms with Crippen LogP contribution in [0.15, 0.2) is 24.3 Å². The van der Waals surface area contributed by atoms with Crippen molar-refractivity contribution in [1.82, 2.24) is 4.31 Å². The van der Waals surface area contributed by atoms with Crippen molar-refractivity contribution in [2.45, 2.75) is 44.1 Å². The van der Waals surface area contributed by atoms with E-state index in [0.29, 0.717) is 24.1 Å². The van der Waals surface area contributed by atoms with Crippen LogP contribution in [0.25, 0.3) is 0 Å². The van der Waals surface area contributed by atoms with Crippen molar-refractivity contribution >= 4 is 10.0 Å². The number of hydrogen-bond donors (Lipinski definition) is 1. The number of benzene rings is 1. The molecular weight excluding hydrogens is 288 g/mol. The number of piperidine rings is 1. The Morgan fingerprint density at radius 2 is 2.24 bits per heavy atom. The lowest BCUT2D eigenvalue weighted by Gasteiger charge is -2.36. The lowest BCUT2D eigenvalue weighted by atomic mass is 10.0. The van der Waals surface area contributed by atoms with Gasteiger partial charge in [-0.25, -0.2) is 8.42 Å². The Hall–Kier alpha value is -1.42. The molecule has 0 spiro atoms. The van der Waals surface area contributed by atoms with E-state index in [1.54, 1.807) is 31.2 Å². The molecule has 1 aliphatic heterocycles. The molecule has 1 aromatic rings. The second-order valence-corrected chi connectivity index (χ2v) is 7.40. The molecule has 1 heterocycles. The van der Waals surface area contributed by atoms with Crippen LogP contribution in [0.1, 0.15) is 37.3 Å². The minimum atomic E-state index is -3.49. The molecule has 2 atom stereocenters. The van der Waals surface area contributed by atoms with Crippen LogP contribution in [-0.4, -0.2) is 36.5 Å². The summed E-state index contributed by atoms with van der Waals surface area (Å²) in [6, 6.07) is 8.31. The first-order chi connectivity index (χ1) is 9.94. The summed E-state index contributed by atoms with van der Waals surface area (Å²) in [5.74, 6) is -0.133. The number of hydrogen-bond acceptors (Lipinski definition) is 4. The van der Waals surface area contributed by atoms with Crippen molar-refractivity contribution < 1.29 is 13.5 Å². The molecule has 1 aromatic carbocycles. The maximum Gasteiger partial charge on any atom is 0.218 e. The molecule has 5 nitrogen and oxygen atoms in total. The van der Waals surface area contributed by atoms with Crippen LogP contribution in [0.2, 0.25) is 0 Å². The fourth-order valence-electron chi connectivity index (χ4n) is 2.78. The number of nitriles is 1. The van der Waals surface area contributed by atoms with Gasteiger partial charge in [-0.1, -0.05) is 18.6 Å². The van der Waals surface area contributed by atoms with Crippen molar-refractivity contribution in [2.24, 2.45) is 0 Å². The van der Waals surface area contributed by atoms with E-state index >= 15 is 0 Å². The molecule has 21 heavy (non-hydrogen) atoms. The lowest BCUT2D eigenvalue weighted by Crippen LogP contribution is -2.49. The summed E-state index contributed by atoms with van der Waals surface area (Å²) in [7, 11) is -3.49. The molecular formula is C15H20N2O3S. The Bertz CT molecular complexity index is 635. The van der Waals surface area contributed by atoms with E-state index in [9.17, 15) is 13.5 Å². The fraction of sp³-hybridized carbons (Fsp3) is 0.533. The zero-order chi connectivity index (χ0) is 15.5. The third-order valence-electron chi connectivity index (χ3n) is 3.82. The molecule has 1 aliphatic rings. The predicted octanol–water partition coefficient (Wildman–Crippen LogP) is 1.62. The molecule has 0 amide bonds. The van der Waals surface area contributed by atoms with Crippen LogP contribution in [0, 0.1) is 11.3 Å². The number of rotatable bonds is 4. The monoisotopic (exact) mass is 308 g/mol. The van der Waals surface area contributed by atoms with Crippen molar-refractivity contribution in [3.63, 3.8) is 0 Å². The van der Waals surface area contributed by atoms with Crippen molar-refractivity contribution in [1.29, 1.82) is 5.26 Å². The lowest BCUT2D eigenvalue weighted by molar-refractivity contribution is 0.0830. The Labute approximate surface area is 125 Å². The summed E-state index contributed by atoms with van der Waals surface area (Å²) in [4.78, 5) is 0. The third kappa shape index (κ3) is 3.82. The molecule has 2 rings (SSSR count). The number of sulfonamides is 1. The smallest absolute Gasteiger partial charge is 0.218 e. The molecule has 114 valence electrons. The van der Waals surface area contributed by atoms with Gasteiger partial charge in [-0.3, -0.25) is 0 Å². The zero-order valence-corrected chi connectivity index (χ0v) is 12.9. The summed E-state index contributed by atoms with van der Waals surface area (Å²) in [5, 5.41) is 18.7. The average Bonchev–Trinajstić information content (AvgIpc) is 2.47. The first-order valence-electron chi connectivity index (χ1n) is 7.10. The normalized spacial score (nSPS) is 21.7. The van der Waals surface area contributed by atoms with E-state index in [0.717, 1.165) is 12.8 Å². The summed E-state index contributed by atoms with van der Waals surface area (Å²) in [5.41, 5.74) is 1.05. The van der Waals surface area contributed by atoms with Gasteiger partial charge in [0, 0.05) is 6.54 Å². The molecule has 0 aliphatic carbocycles. The van der Waals surface area contributed by atoms with Crippen LogP contribution in [-0.2, 0) is 15.8 Å². The van der Waals surface area contributed by atoms with Crippen molar-refractivity contribution in [3.05, 3.63) is 35.4 Å². The molecule has 2 unspecified atom stereocenters. The Morgan fingerprint density at radius 3 is 2.90 bits per heavy atom. The van der Waals surface area contributed by atoms with Gasteiger partial charge in [-0.15, -0.1) is 0 Å². The largest absolute Gasteiger partial charge is 0.392 e. The maximum absolute atomic E-state index is 12.6. The Morgan fingerprint density at radius 1 is 1.48 bits per heavy atom. The van der Waals surface area contributed by atoms with E-state index in [1.165, 1.54) is 4.31 Å². The molecule has 1 fully saturated rings. The molecule has 0 bridgehead atoms. The number of nitrogens with zero attached hydrogens (tertiary/aromatic N) is 2. The van der Waals surface area contributed by atoms with E-state index in [4.69, 9.17) is 5.26 Å². The van der Waals surface area contributed by atoms with Gasteiger partial charge in [0.05, 0.1) is 29.5 Å². The van der Waals surface area contributed by atoms with Gasteiger partial charge in [-0.05, 0) is 37.5 Å². The van der Waals surface area contributed by atoms with Gasteiger partial charge in [0.2, 0.25) is 10.0 Å². The van der Waals surface area contributed by atoms with Gasteiger partial charge in [0.15, 0.2) is 0 Å². The molecule has 0 radical (unpaired) electrons. The van der Waals surface area contributed by atoms with Crippen LogP contribution in [0.5, 0.6) is 0 Å². The highest BCUT2D eigenvalue weighted by Crippen LogP contribution is 2.25. The quantitative estimate of drug-likeness (QED) is 0.916. The van der Waals surface area contributed by atoms with Crippen LogP contribution >= 0.6 is 0 Å². The van der Waals surface area contributed by atoms with Crippen LogP contribution in [0.3, 0.4) is 0 Å². The molecule has 1 saturated heterocycles. The Balaban J connectivity index is 2.22. The van der Waals surface area contributed by atoms with E-state index in [2.05, 4.69) is 0 Å². The van der Waals surface area contributed by atoms with E-state index in [1.807, 2.05) is 6.07 Å². The Kier molecular flexibility index (Phi) is 4.99. The maximum atomic E-state index is 12.6. The van der Waals surface area contributed by atoms with Gasteiger partial charge < -0.3 is 5.11 Å². The first kappa shape index (κ1) is 16.0. The predicted molar refractivity (Wildman–Crippen MR) is 79.8 cm³/mol. The molecule has 6 heteroatoms. The molecule has 1 N–H and O–H groups in total. The SMILES string of the molecule is CC(O)C1CCCCN1S(=O)(=O)Cc1cccc(C#N)c1. The van der Waals surface area contributed by atoms with E-state index in [-0.39, 0.29) is 11.8 Å². The fourth-order valence-corrected chi connectivity index (χ4v) is 4.65. The molecule has 0 saturated carbocycles. The highest BCUT2D eigenvalue weighted by atomic mass is 32.2. The van der Waals surface area contributed by atoms with Crippen LogP contribution in [0.4, 0.5) is 0 Å². The standard InChI is InChI=1S/C15H20N2O3S/c1-12(18)15-7-2-3-8-17(15)21(19,20)11-14-6-4-5-13(9-14)10-16/h4-6,9,12,15,18H,2-3,7-8,11H2,1H3. The topological polar surface area (TPSA) is 81.4 Å². The summed E-state index contributed by atoms with van der Waals surface area (Å²) >= 11 is 0. The highest BCUT2D eigenvalue weighted by Gasteiger charge is 2.34. The first-order valence-corrected chi connectivity index (χ1v) is 8.71. The van der Waals surface area contributed by atoms with Gasteiger partial charge in [0.25, 0.3) is 0 Å². The van der Waals surface area contributed by atoms with Gasteiger partial charge in [0.1, 0.15) is 0 Å². The van der Waals surface area contributed by atoms with Crippen molar-refractivity contribution in [3.8, 4) is 6.07 Å². The zero-order valence-electron chi connectivity index (χ0n) is 12.1. The average molecular weight is 308 g/mol. The third-order valence-corrected chi connectivity index (χ3v) is 5.68. The second kappa shape index (κ2) is 6.56. The second-order valence-electron chi connectivity index (χ2n) is 5.48. The molecule has 0 aromatic heterocycles. The number of aliphatic hydroxyl groups excluding tert-OH is 1. The summed E-state index contributed by atoms with van der Waals surface area (Å²) in [6.07, 6.45) is 1.77. The number of aliphatic hydroxyl groups is 1. The van der Waals surface area contributed by atoms with Crippen LogP contribution < -0.4 is 0 Å². The van der Waals surface area contributed by atoms with Crippen molar-refractivity contribution in [2.75, 3.05) is 6.54 Å². The van der Waals surface area contributed by atoms with E-state index < -0.39 is 16.1 Å². The summed E-state index contributed by atoms with van der Waals surface area (Å²) < 4.78 is 26.6. The highest BCUT2D eigenvalue weighted by molar-refractivity contribution is 7.88.